The van der Waals surface area contributed by atoms with Crippen LogP contribution in [0, 0.1) is 0 Å². The third kappa shape index (κ3) is 4.80. The van der Waals surface area contributed by atoms with Gasteiger partial charge in [-0.1, -0.05) is 24.9 Å². The van der Waals surface area contributed by atoms with Gasteiger partial charge in [0.1, 0.15) is 9.34 Å². The maximum atomic E-state index is 13.2. The van der Waals surface area contributed by atoms with Gasteiger partial charge < -0.3 is 9.80 Å². The monoisotopic (exact) mass is 510 g/mol. The molecule has 1 spiro atoms. The lowest BCUT2D eigenvalue weighted by molar-refractivity contribution is -0.127. The minimum Gasteiger partial charge on any atom is -0.342 e. The van der Waals surface area contributed by atoms with Gasteiger partial charge in [-0.3, -0.25) is 9.59 Å². The van der Waals surface area contributed by atoms with E-state index in [4.69, 9.17) is 11.6 Å². The SMILES string of the molecule is CCCCNS(=O)(=O)c1ccc2c(c1)C1(CCN(C(C)=O)C1)CN2C(=O)Cc1ncc(Cl)s1. The number of thiazole rings is 1. The maximum absolute atomic E-state index is 13.2. The third-order valence-corrected chi connectivity index (χ3v) is 8.93. The molecular formula is C22H27ClN4O4S2. The molecule has 1 unspecified atom stereocenters. The number of nitrogens with one attached hydrogen (secondary N) is 1. The quantitative estimate of drug-likeness (QED) is 0.577. The average molecular weight is 511 g/mol. The second kappa shape index (κ2) is 9.32. The van der Waals surface area contributed by atoms with Gasteiger partial charge in [0.25, 0.3) is 0 Å². The summed E-state index contributed by atoms with van der Waals surface area (Å²) >= 11 is 7.23. The number of halogens is 1. The highest BCUT2D eigenvalue weighted by molar-refractivity contribution is 7.89. The van der Waals surface area contributed by atoms with Crippen molar-refractivity contribution in [2.75, 3.05) is 31.1 Å². The first-order chi connectivity index (χ1) is 15.6. The molecular weight excluding hydrogens is 484 g/mol. The van der Waals surface area contributed by atoms with Gasteiger partial charge in [0, 0.05) is 44.2 Å². The number of fused-ring (bicyclic) bond motifs is 2. The molecule has 2 aliphatic heterocycles. The van der Waals surface area contributed by atoms with E-state index in [2.05, 4.69) is 9.71 Å². The first kappa shape index (κ1) is 24.1. The van der Waals surface area contributed by atoms with E-state index in [0.29, 0.717) is 47.6 Å². The molecule has 33 heavy (non-hydrogen) atoms. The number of hydrogen-bond acceptors (Lipinski definition) is 6. The van der Waals surface area contributed by atoms with Crippen LogP contribution in [0.1, 0.15) is 43.7 Å². The summed E-state index contributed by atoms with van der Waals surface area (Å²) in [6.45, 7) is 5.33. The molecule has 1 atom stereocenters. The molecule has 2 amide bonds. The third-order valence-electron chi connectivity index (χ3n) is 6.35. The van der Waals surface area contributed by atoms with E-state index in [1.54, 1.807) is 28.0 Å². The molecule has 11 heteroatoms. The molecule has 8 nitrogen and oxygen atoms in total. The second-order valence-corrected chi connectivity index (χ2v) is 12.1. The lowest BCUT2D eigenvalue weighted by Gasteiger charge is -2.25. The Morgan fingerprint density at radius 1 is 1.30 bits per heavy atom. The Morgan fingerprint density at radius 2 is 2.09 bits per heavy atom. The smallest absolute Gasteiger partial charge is 0.240 e. The predicted molar refractivity (Wildman–Crippen MR) is 128 cm³/mol. The molecule has 3 heterocycles. The van der Waals surface area contributed by atoms with Crippen LogP contribution in [-0.4, -0.2) is 56.3 Å². The van der Waals surface area contributed by atoms with Crippen LogP contribution >= 0.6 is 22.9 Å². The van der Waals surface area contributed by atoms with E-state index in [1.165, 1.54) is 24.5 Å². The highest BCUT2D eigenvalue weighted by Gasteiger charge is 2.49. The van der Waals surface area contributed by atoms with E-state index >= 15 is 0 Å². The summed E-state index contributed by atoms with van der Waals surface area (Å²) in [6.07, 6.45) is 3.95. The van der Waals surface area contributed by atoms with Crippen molar-refractivity contribution < 1.29 is 18.0 Å². The Kier molecular flexibility index (Phi) is 6.82. The summed E-state index contributed by atoms with van der Waals surface area (Å²) in [5.74, 6) is -0.155. The molecule has 1 aromatic carbocycles. The van der Waals surface area contributed by atoms with Crippen LogP contribution in [-0.2, 0) is 31.4 Å². The summed E-state index contributed by atoms with van der Waals surface area (Å²) < 4.78 is 28.9. The first-order valence-corrected chi connectivity index (χ1v) is 13.6. The fourth-order valence-electron chi connectivity index (χ4n) is 4.59. The first-order valence-electron chi connectivity index (χ1n) is 11.0. The number of likely N-dealkylation sites (tertiary alicyclic amines) is 1. The number of rotatable bonds is 7. The molecule has 2 aliphatic rings. The number of benzene rings is 1. The number of amides is 2. The number of sulfonamides is 1. The number of unbranched alkanes of at least 4 members (excludes halogenated alkanes) is 1. The van der Waals surface area contributed by atoms with Crippen molar-refractivity contribution in [2.24, 2.45) is 0 Å². The Bertz CT molecular complexity index is 1180. The highest BCUT2D eigenvalue weighted by atomic mass is 35.5. The molecule has 0 radical (unpaired) electrons. The van der Waals surface area contributed by atoms with Gasteiger partial charge in [-0.25, -0.2) is 18.1 Å². The zero-order valence-corrected chi connectivity index (χ0v) is 21.0. The minimum absolute atomic E-state index is 0.0272. The van der Waals surface area contributed by atoms with Crippen LogP contribution in [0.25, 0.3) is 0 Å². The standard InChI is InChI=1S/C22H27ClN4O4S2/c1-3-4-8-25-33(30,31)16-5-6-18-17(10-16)22(7-9-26(13-22)15(2)28)14-27(18)21(29)11-20-24-12-19(23)32-20/h5-6,10,12,25H,3-4,7-9,11,13-14H2,1-2H3. The van der Waals surface area contributed by atoms with Gasteiger partial charge in [0.05, 0.1) is 17.5 Å². The summed E-state index contributed by atoms with van der Waals surface area (Å²) in [4.78, 5) is 33.1. The van der Waals surface area contributed by atoms with Crippen molar-refractivity contribution in [3.8, 4) is 0 Å². The largest absolute Gasteiger partial charge is 0.342 e. The van der Waals surface area contributed by atoms with E-state index in [-0.39, 0.29) is 23.1 Å². The summed E-state index contributed by atoms with van der Waals surface area (Å²) in [5, 5.41) is 0.628. The van der Waals surface area contributed by atoms with Crippen molar-refractivity contribution >= 4 is 50.5 Å². The number of nitrogens with zero attached hydrogens (tertiary/aromatic N) is 3. The van der Waals surface area contributed by atoms with Crippen molar-refractivity contribution in [1.29, 1.82) is 0 Å². The van der Waals surface area contributed by atoms with Crippen LogP contribution in [0.5, 0.6) is 0 Å². The number of aromatic nitrogens is 1. The number of hydrogen-bond donors (Lipinski definition) is 1. The van der Waals surface area contributed by atoms with Crippen LogP contribution in [0.15, 0.2) is 29.3 Å². The van der Waals surface area contributed by atoms with Gasteiger partial charge in [0.15, 0.2) is 0 Å². The lowest BCUT2D eigenvalue weighted by atomic mass is 9.81. The van der Waals surface area contributed by atoms with Crippen molar-refractivity contribution in [1.82, 2.24) is 14.6 Å². The summed E-state index contributed by atoms with van der Waals surface area (Å²) in [7, 11) is -3.67. The zero-order chi connectivity index (χ0) is 23.8. The Labute approximate surface area is 203 Å². The topological polar surface area (TPSA) is 99.7 Å². The van der Waals surface area contributed by atoms with E-state index in [0.717, 1.165) is 18.4 Å². The Morgan fingerprint density at radius 3 is 2.73 bits per heavy atom. The van der Waals surface area contributed by atoms with E-state index in [9.17, 15) is 18.0 Å². The van der Waals surface area contributed by atoms with Gasteiger partial charge in [-0.05, 0) is 36.6 Å². The van der Waals surface area contributed by atoms with Gasteiger partial charge in [-0.15, -0.1) is 11.3 Å². The maximum Gasteiger partial charge on any atom is 0.240 e. The summed E-state index contributed by atoms with van der Waals surface area (Å²) in [6, 6.07) is 4.94. The Balaban J connectivity index is 1.69. The second-order valence-electron chi connectivity index (χ2n) is 8.62. The van der Waals surface area contributed by atoms with E-state index < -0.39 is 15.4 Å². The number of carbonyl (C=O) groups excluding carboxylic acids is 2. The molecule has 178 valence electrons. The van der Waals surface area contributed by atoms with Crippen LogP contribution in [0.2, 0.25) is 4.34 Å². The fourth-order valence-corrected chi connectivity index (χ4v) is 6.64. The van der Waals surface area contributed by atoms with Crippen molar-refractivity contribution in [2.45, 2.75) is 49.8 Å². The normalized spacial score (nSPS) is 20.0. The van der Waals surface area contributed by atoms with E-state index in [1.807, 2.05) is 6.92 Å². The predicted octanol–water partition coefficient (Wildman–Crippen LogP) is 2.95. The molecule has 0 bridgehead atoms. The highest BCUT2D eigenvalue weighted by Crippen LogP contribution is 2.47. The average Bonchev–Trinajstić information content (AvgIpc) is 3.46. The van der Waals surface area contributed by atoms with Gasteiger partial charge in [-0.2, -0.15) is 0 Å². The van der Waals surface area contributed by atoms with Gasteiger partial charge >= 0.3 is 0 Å². The summed E-state index contributed by atoms with van der Waals surface area (Å²) in [5.41, 5.74) is 1.00. The minimum atomic E-state index is -3.67. The molecule has 1 fully saturated rings. The molecule has 4 rings (SSSR count). The molecule has 0 saturated carbocycles. The van der Waals surface area contributed by atoms with Gasteiger partial charge in [0.2, 0.25) is 21.8 Å². The molecule has 2 aromatic rings. The molecule has 0 aliphatic carbocycles. The number of anilines is 1. The Hall–Kier alpha value is -2.01. The fraction of sp³-hybridized carbons (Fsp3) is 0.500. The van der Waals surface area contributed by atoms with Crippen LogP contribution in [0.4, 0.5) is 5.69 Å². The molecule has 1 aromatic heterocycles. The molecule has 1 N–H and O–H groups in total. The number of carbonyl (C=O) groups is 2. The lowest BCUT2D eigenvalue weighted by Crippen LogP contribution is -2.40. The van der Waals surface area contributed by atoms with Crippen molar-refractivity contribution in [3.05, 3.63) is 39.3 Å². The molecule has 1 saturated heterocycles. The van der Waals surface area contributed by atoms with Crippen LogP contribution < -0.4 is 9.62 Å². The van der Waals surface area contributed by atoms with Crippen molar-refractivity contribution in [3.63, 3.8) is 0 Å². The zero-order valence-electron chi connectivity index (χ0n) is 18.6. The van der Waals surface area contributed by atoms with Crippen LogP contribution in [0.3, 0.4) is 0 Å².